The Labute approximate surface area is 330 Å². The van der Waals surface area contributed by atoms with Crippen LogP contribution in [0.1, 0.15) is 0 Å². The molecule has 6 heteroatoms. The highest BCUT2D eigenvalue weighted by Crippen LogP contribution is 2.46. The second kappa shape index (κ2) is 12.6. The van der Waals surface area contributed by atoms with E-state index in [1.54, 1.807) is 0 Å². The van der Waals surface area contributed by atoms with Gasteiger partial charge in [-0.3, -0.25) is 0 Å². The Kier molecular flexibility index (Phi) is 7.03. The smallest absolute Gasteiger partial charge is 0.167 e. The van der Waals surface area contributed by atoms with E-state index in [0.29, 0.717) is 17.5 Å². The molecule has 0 N–H and O–H groups in total. The molecule has 0 saturated heterocycles. The molecule has 0 saturated carbocycles. The lowest BCUT2D eigenvalue weighted by atomic mass is 9.92. The van der Waals surface area contributed by atoms with E-state index in [1.807, 2.05) is 72.0 Å². The van der Waals surface area contributed by atoms with Gasteiger partial charge in [-0.15, -0.1) is 11.3 Å². The summed E-state index contributed by atoms with van der Waals surface area (Å²) in [4.78, 5) is 15.2. The molecule has 0 aliphatic carbocycles. The Bertz CT molecular complexity index is 3530. The first-order valence-corrected chi connectivity index (χ1v) is 19.7. The van der Waals surface area contributed by atoms with E-state index in [4.69, 9.17) is 23.8 Å². The van der Waals surface area contributed by atoms with Crippen LogP contribution >= 0.6 is 11.3 Å². The van der Waals surface area contributed by atoms with Crippen LogP contribution < -0.4 is 0 Å². The summed E-state index contributed by atoms with van der Waals surface area (Å²) in [7, 11) is 0. The van der Waals surface area contributed by atoms with Crippen LogP contribution in [0.2, 0.25) is 0 Å². The molecule has 0 aliphatic heterocycles. The lowest BCUT2D eigenvalue weighted by Gasteiger charge is -2.11. The largest absolute Gasteiger partial charge is 0.456 e. The number of nitrogens with zero attached hydrogens (tertiary/aromatic N) is 3. The topological polar surface area (TPSA) is 65.0 Å². The molecule has 0 spiro atoms. The first-order valence-electron chi connectivity index (χ1n) is 18.9. The van der Waals surface area contributed by atoms with E-state index >= 15 is 0 Å². The molecule has 8 aromatic carbocycles. The molecular weight excluding hydrogens is 719 g/mol. The summed E-state index contributed by atoms with van der Waals surface area (Å²) in [6.45, 7) is 0. The summed E-state index contributed by atoms with van der Waals surface area (Å²) in [5.74, 6) is 1.67. The first kappa shape index (κ1) is 31.9. The molecule has 0 bridgehead atoms. The zero-order valence-electron chi connectivity index (χ0n) is 30.3. The van der Waals surface area contributed by atoms with Crippen molar-refractivity contribution in [2.45, 2.75) is 0 Å². The summed E-state index contributed by atoms with van der Waals surface area (Å²) in [6, 6.07) is 61.0. The molecule has 0 radical (unpaired) electrons. The number of hydrogen-bond acceptors (Lipinski definition) is 6. The Morgan fingerprint density at radius 2 is 0.982 bits per heavy atom. The number of fused-ring (bicyclic) bond motifs is 9. The summed E-state index contributed by atoms with van der Waals surface area (Å²) in [6.07, 6.45) is 0. The van der Waals surface area contributed by atoms with Crippen molar-refractivity contribution in [2.75, 3.05) is 0 Å². The second-order valence-electron chi connectivity index (χ2n) is 14.3. The lowest BCUT2D eigenvalue weighted by Crippen LogP contribution is -2.00. The quantitative estimate of drug-likeness (QED) is 0.175. The molecule has 4 aromatic heterocycles. The Hall–Kier alpha value is -7.41. The molecule has 0 fully saturated rings. The van der Waals surface area contributed by atoms with Gasteiger partial charge in [-0.05, 0) is 70.8 Å². The monoisotopic (exact) mass is 747 g/mol. The van der Waals surface area contributed by atoms with Crippen molar-refractivity contribution >= 4 is 75.4 Å². The van der Waals surface area contributed by atoms with E-state index in [1.165, 1.54) is 31.3 Å². The maximum absolute atomic E-state index is 6.82. The normalized spacial score (nSPS) is 11.9. The fourth-order valence-corrected chi connectivity index (χ4v) is 9.50. The highest BCUT2D eigenvalue weighted by atomic mass is 32.1. The van der Waals surface area contributed by atoms with E-state index in [2.05, 4.69) is 115 Å². The predicted molar refractivity (Wildman–Crippen MR) is 234 cm³/mol. The van der Waals surface area contributed by atoms with Crippen LogP contribution in [-0.4, -0.2) is 15.0 Å². The van der Waals surface area contributed by atoms with Gasteiger partial charge in [0.25, 0.3) is 0 Å². The van der Waals surface area contributed by atoms with Crippen LogP contribution in [0.15, 0.2) is 185 Å². The fraction of sp³-hybridized carbons (Fsp3) is 0. The highest BCUT2D eigenvalue weighted by molar-refractivity contribution is 7.26. The summed E-state index contributed by atoms with van der Waals surface area (Å²) < 4.78 is 15.6. The van der Waals surface area contributed by atoms with Crippen LogP contribution in [0.5, 0.6) is 0 Å². The van der Waals surface area contributed by atoms with Crippen molar-refractivity contribution < 1.29 is 8.83 Å². The van der Waals surface area contributed by atoms with Crippen molar-refractivity contribution in [3.8, 4) is 56.4 Å². The van der Waals surface area contributed by atoms with E-state index in [-0.39, 0.29) is 0 Å². The van der Waals surface area contributed by atoms with Gasteiger partial charge in [-0.25, -0.2) is 15.0 Å². The molecule has 266 valence electrons. The lowest BCUT2D eigenvalue weighted by molar-refractivity contribution is 0.668. The number of hydrogen-bond donors (Lipinski definition) is 0. The van der Waals surface area contributed by atoms with Gasteiger partial charge < -0.3 is 8.83 Å². The van der Waals surface area contributed by atoms with Gasteiger partial charge in [-0.1, -0.05) is 127 Å². The number of furan rings is 2. The van der Waals surface area contributed by atoms with E-state index in [9.17, 15) is 0 Å². The maximum atomic E-state index is 6.82. The van der Waals surface area contributed by atoms with Gasteiger partial charge in [0.05, 0.1) is 5.56 Å². The molecule has 0 amide bonds. The van der Waals surface area contributed by atoms with Crippen LogP contribution in [0, 0.1) is 0 Å². The van der Waals surface area contributed by atoms with Gasteiger partial charge in [0, 0.05) is 52.8 Å². The van der Waals surface area contributed by atoms with E-state index < -0.39 is 0 Å². The standard InChI is InChI=1S/C51H29N3O2S/c1-3-13-30(14-4-1)40-27-33(29-45-47(40)37-18-8-10-24-44(37)57-45)34-19-12-23-42-46(34)38-20-11-21-39(48(38)56-42)51-53-49(31-15-5-2-6-16-31)52-50(54-51)32-25-26-36-35-17-7-9-22-41(35)55-43(36)28-32/h1-29H. The maximum Gasteiger partial charge on any atom is 0.167 e. The molecule has 12 rings (SSSR count). The second-order valence-corrected chi connectivity index (χ2v) is 15.4. The fourth-order valence-electron chi connectivity index (χ4n) is 8.33. The third-order valence-corrected chi connectivity index (χ3v) is 12.1. The van der Waals surface area contributed by atoms with Gasteiger partial charge in [0.15, 0.2) is 17.5 Å². The van der Waals surface area contributed by atoms with Crippen molar-refractivity contribution in [1.29, 1.82) is 0 Å². The summed E-state index contributed by atoms with van der Waals surface area (Å²) in [5.41, 5.74) is 10.4. The highest BCUT2D eigenvalue weighted by Gasteiger charge is 2.21. The first-order chi connectivity index (χ1) is 28.2. The van der Waals surface area contributed by atoms with Crippen LogP contribution in [0.3, 0.4) is 0 Å². The van der Waals surface area contributed by atoms with Crippen molar-refractivity contribution in [3.05, 3.63) is 176 Å². The molecule has 57 heavy (non-hydrogen) atoms. The number of aromatic nitrogens is 3. The van der Waals surface area contributed by atoms with Gasteiger partial charge in [-0.2, -0.15) is 0 Å². The number of rotatable bonds is 5. The average Bonchev–Trinajstić information content (AvgIpc) is 3.97. The number of benzene rings is 8. The average molecular weight is 748 g/mol. The van der Waals surface area contributed by atoms with Gasteiger partial charge >= 0.3 is 0 Å². The zero-order valence-corrected chi connectivity index (χ0v) is 31.1. The van der Waals surface area contributed by atoms with Crippen molar-refractivity contribution in [2.24, 2.45) is 0 Å². The minimum absolute atomic E-state index is 0.535. The minimum Gasteiger partial charge on any atom is -0.456 e. The van der Waals surface area contributed by atoms with Crippen LogP contribution in [0.25, 0.3) is 120 Å². The number of para-hydroxylation sites is 2. The summed E-state index contributed by atoms with van der Waals surface area (Å²) >= 11 is 1.84. The third-order valence-electron chi connectivity index (χ3n) is 10.9. The number of thiophene rings is 1. The Morgan fingerprint density at radius 3 is 1.84 bits per heavy atom. The predicted octanol–water partition coefficient (Wildman–Crippen LogP) is 14.4. The molecule has 12 aromatic rings. The molecule has 0 unspecified atom stereocenters. The van der Waals surface area contributed by atoms with Crippen molar-refractivity contribution in [1.82, 2.24) is 15.0 Å². The van der Waals surface area contributed by atoms with Gasteiger partial charge in [0.1, 0.15) is 22.3 Å². The zero-order chi connectivity index (χ0) is 37.5. The molecule has 0 aliphatic rings. The Balaban J connectivity index is 1.06. The SMILES string of the molecule is c1ccc(-c2nc(-c3ccc4c(c3)oc3ccccc34)nc(-c3cccc4c3oc3cccc(-c5cc(-c6ccccc6)c6c(c5)sc5ccccc56)c34)n2)cc1. The summed E-state index contributed by atoms with van der Waals surface area (Å²) in [5, 5.41) is 6.76. The molecule has 0 atom stereocenters. The molecular formula is C51H29N3O2S. The van der Waals surface area contributed by atoms with Crippen LogP contribution in [-0.2, 0) is 0 Å². The third kappa shape index (κ3) is 5.12. The van der Waals surface area contributed by atoms with Gasteiger partial charge in [0.2, 0.25) is 0 Å². The van der Waals surface area contributed by atoms with E-state index in [0.717, 1.165) is 71.7 Å². The Morgan fingerprint density at radius 1 is 0.333 bits per heavy atom. The molecule has 5 nitrogen and oxygen atoms in total. The van der Waals surface area contributed by atoms with Crippen molar-refractivity contribution in [3.63, 3.8) is 0 Å². The van der Waals surface area contributed by atoms with Crippen LogP contribution in [0.4, 0.5) is 0 Å². The molecule has 4 heterocycles. The minimum atomic E-state index is 0.535.